The van der Waals surface area contributed by atoms with E-state index in [2.05, 4.69) is 17.0 Å². The van der Waals surface area contributed by atoms with Gasteiger partial charge in [-0.05, 0) is 41.8 Å². The molecule has 1 heterocycles. The zero-order valence-corrected chi connectivity index (χ0v) is 17.5. The Morgan fingerprint density at radius 3 is 1.93 bits per heavy atom. The number of carbonyl (C=O) groups excluding carboxylic acids is 1. The van der Waals surface area contributed by atoms with Crippen molar-refractivity contribution >= 4 is 5.91 Å². The Labute approximate surface area is 173 Å². The van der Waals surface area contributed by atoms with Gasteiger partial charge in [0.25, 0.3) is 0 Å². The standard InChI is InChI=1S/C23H30N2O4/c1-27-20-7-4-18(5-8-20)17-24-10-12-25(13-11-24)23(26)9-6-19-14-21(28-2)16-22(15-19)29-3/h4-5,7-8,14-16H,6,9-13,17H2,1-3H3. The van der Waals surface area contributed by atoms with Crippen LogP contribution < -0.4 is 14.2 Å². The summed E-state index contributed by atoms with van der Waals surface area (Å²) in [5.41, 5.74) is 2.31. The lowest BCUT2D eigenvalue weighted by atomic mass is 10.1. The first-order valence-electron chi connectivity index (χ1n) is 9.96. The molecule has 2 aromatic rings. The molecular formula is C23H30N2O4. The number of carbonyl (C=O) groups is 1. The maximum absolute atomic E-state index is 12.6. The van der Waals surface area contributed by atoms with Gasteiger partial charge >= 0.3 is 0 Å². The maximum Gasteiger partial charge on any atom is 0.222 e. The van der Waals surface area contributed by atoms with Crippen LogP contribution >= 0.6 is 0 Å². The molecule has 0 unspecified atom stereocenters. The quantitative estimate of drug-likeness (QED) is 0.684. The first kappa shape index (κ1) is 21.0. The fourth-order valence-corrected chi connectivity index (χ4v) is 3.56. The molecular weight excluding hydrogens is 368 g/mol. The minimum absolute atomic E-state index is 0.205. The Hall–Kier alpha value is -2.73. The molecule has 1 saturated heterocycles. The average molecular weight is 399 g/mol. The van der Waals surface area contributed by atoms with Crippen molar-refractivity contribution in [3.63, 3.8) is 0 Å². The van der Waals surface area contributed by atoms with Gasteiger partial charge in [0.1, 0.15) is 17.2 Å². The van der Waals surface area contributed by atoms with Crippen molar-refractivity contribution in [3.05, 3.63) is 53.6 Å². The summed E-state index contributed by atoms with van der Waals surface area (Å²) in [6.07, 6.45) is 1.17. The molecule has 0 saturated carbocycles. The van der Waals surface area contributed by atoms with Crippen molar-refractivity contribution in [3.8, 4) is 17.2 Å². The van der Waals surface area contributed by atoms with Crippen LogP contribution in [0.1, 0.15) is 17.5 Å². The van der Waals surface area contributed by atoms with E-state index in [-0.39, 0.29) is 5.91 Å². The summed E-state index contributed by atoms with van der Waals surface area (Å²) < 4.78 is 15.8. The molecule has 0 aromatic heterocycles. The highest BCUT2D eigenvalue weighted by Gasteiger charge is 2.21. The zero-order valence-electron chi connectivity index (χ0n) is 17.5. The molecule has 1 aliphatic rings. The largest absolute Gasteiger partial charge is 0.497 e. The predicted molar refractivity (Wildman–Crippen MR) is 113 cm³/mol. The molecule has 2 aromatic carbocycles. The predicted octanol–water partition coefficient (Wildman–Crippen LogP) is 2.99. The lowest BCUT2D eigenvalue weighted by Gasteiger charge is -2.35. The van der Waals surface area contributed by atoms with Gasteiger partial charge in [0, 0.05) is 45.2 Å². The minimum Gasteiger partial charge on any atom is -0.497 e. The topological polar surface area (TPSA) is 51.2 Å². The first-order valence-corrected chi connectivity index (χ1v) is 9.96. The van der Waals surface area contributed by atoms with E-state index in [1.807, 2.05) is 35.2 Å². The molecule has 29 heavy (non-hydrogen) atoms. The molecule has 0 spiro atoms. The van der Waals surface area contributed by atoms with Crippen molar-refractivity contribution in [1.82, 2.24) is 9.80 Å². The Morgan fingerprint density at radius 1 is 0.793 bits per heavy atom. The van der Waals surface area contributed by atoms with Gasteiger partial charge in [-0.15, -0.1) is 0 Å². The van der Waals surface area contributed by atoms with Gasteiger partial charge in [0.15, 0.2) is 0 Å². The Balaban J connectivity index is 1.46. The van der Waals surface area contributed by atoms with Crippen molar-refractivity contribution in [2.24, 2.45) is 0 Å². The third-order valence-electron chi connectivity index (χ3n) is 5.33. The van der Waals surface area contributed by atoms with Crippen LogP contribution in [-0.4, -0.2) is 63.2 Å². The van der Waals surface area contributed by atoms with Gasteiger partial charge in [-0.3, -0.25) is 9.69 Å². The van der Waals surface area contributed by atoms with Crippen LogP contribution in [0, 0.1) is 0 Å². The summed E-state index contributed by atoms with van der Waals surface area (Å²) in [7, 11) is 4.94. The second-order valence-corrected chi connectivity index (χ2v) is 7.23. The van der Waals surface area contributed by atoms with Crippen molar-refractivity contribution in [2.45, 2.75) is 19.4 Å². The monoisotopic (exact) mass is 398 g/mol. The molecule has 0 N–H and O–H groups in total. The number of amides is 1. The summed E-state index contributed by atoms with van der Waals surface area (Å²) in [5.74, 6) is 2.58. The van der Waals surface area contributed by atoms with Crippen LogP contribution in [0.15, 0.2) is 42.5 Å². The molecule has 0 atom stereocenters. The second-order valence-electron chi connectivity index (χ2n) is 7.23. The minimum atomic E-state index is 0.205. The SMILES string of the molecule is COc1ccc(CN2CCN(C(=O)CCc3cc(OC)cc(OC)c3)CC2)cc1. The lowest BCUT2D eigenvalue weighted by molar-refractivity contribution is -0.133. The molecule has 0 bridgehead atoms. The number of ether oxygens (including phenoxy) is 3. The highest BCUT2D eigenvalue weighted by Crippen LogP contribution is 2.23. The highest BCUT2D eigenvalue weighted by atomic mass is 16.5. The van der Waals surface area contributed by atoms with Crippen LogP contribution in [-0.2, 0) is 17.8 Å². The van der Waals surface area contributed by atoms with Gasteiger partial charge in [-0.2, -0.15) is 0 Å². The lowest BCUT2D eigenvalue weighted by Crippen LogP contribution is -2.48. The van der Waals surface area contributed by atoms with Gasteiger partial charge < -0.3 is 19.1 Å². The second kappa shape index (κ2) is 10.2. The first-order chi connectivity index (χ1) is 14.1. The van der Waals surface area contributed by atoms with E-state index in [4.69, 9.17) is 14.2 Å². The highest BCUT2D eigenvalue weighted by molar-refractivity contribution is 5.76. The zero-order chi connectivity index (χ0) is 20.6. The average Bonchev–Trinajstić information content (AvgIpc) is 2.78. The van der Waals surface area contributed by atoms with E-state index >= 15 is 0 Å². The van der Waals surface area contributed by atoms with E-state index in [0.29, 0.717) is 12.8 Å². The summed E-state index contributed by atoms with van der Waals surface area (Å²) >= 11 is 0. The third kappa shape index (κ3) is 5.87. The van der Waals surface area contributed by atoms with Gasteiger partial charge in [-0.1, -0.05) is 12.1 Å². The van der Waals surface area contributed by atoms with E-state index < -0.39 is 0 Å². The fraction of sp³-hybridized carbons (Fsp3) is 0.435. The summed E-state index contributed by atoms with van der Waals surface area (Å²) in [6.45, 7) is 4.23. The Kier molecular flexibility index (Phi) is 7.36. The molecule has 1 aliphatic heterocycles. The third-order valence-corrected chi connectivity index (χ3v) is 5.33. The number of nitrogens with zero attached hydrogens (tertiary/aromatic N) is 2. The van der Waals surface area contributed by atoms with E-state index in [0.717, 1.165) is 55.5 Å². The van der Waals surface area contributed by atoms with Gasteiger partial charge in [0.05, 0.1) is 21.3 Å². The van der Waals surface area contributed by atoms with E-state index in [1.54, 1.807) is 21.3 Å². The van der Waals surface area contributed by atoms with Crippen molar-refractivity contribution in [1.29, 1.82) is 0 Å². The molecule has 0 radical (unpaired) electrons. The Bertz CT molecular complexity index is 777. The number of hydrogen-bond donors (Lipinski definition) is 0. The van der Waals surface area contributed by atoms with Gasteiger partial charge in [-0.25, -0.2) is 0 Å². The summed E-state index contributed by atoms with van der Waals surface area (Å²) in [5, 5.41) is 0. The number of benzene rings is 2. The normalized spacial score (nSPS) is 14.5. The maximum atomic E-state index is 12.6. The molecule has 3 rings (SSSR count). The van der Waals surface area contributed by atoms with E-state index in [1.165, 1.54) is 5.56 Å². The van der Waals surface area contributed by atoms with Crippen LogP contribution in [0.3, 0.4) is 0 Å². The number of hydrogen-bond acceptors (Lipinski definition) is 5. The number of piperazine rings is 1. The molecule has 6 nitrogen and oxygen atoms in total. The van der Waals surface area contributed by atoms with Crippen molar-refractivity contribution in [2.75, 3.05) is 47.5 Å². The van der Waals surface area contributed by atoms with Crippen LogP contribution in [0.4, 0.5) is 0 Å². The molecule has 6 heteroatoms. The smallest absolute Gasteiger partial charge is 0.222 e. The van der Waals surface area contributed by atoms with Crippen molar-refractivity contribution < 1.29 is 19.0 Å². The molecule has 1 fully saturated rings. The fourth-order valence-electron chi connectivity index (χ4n) is 3.56. The summed E-state index contributed by atoms with van der Waals surface area (Å²) in [4.78, 5) is 17.0. The van der Waals surface area contributed by atoms with Crippen LogP contribution in [0.2, 0.25) is 0 Å². The van der Waals surface area contributed by atoms with E-state index in [9.17, 15) is 4.79 Å². The Morgan fingerprint density at radius 2 is 1.38 bits per heavy atom. The van der Waals surface area contributed by atoms with Gasteiger partial charge in [0.2, 0.25) is 5.91 Å². The molecule has 1 amide bonds. The molecule has 156 valence electrons. The summed E-state index contributed by atoms with van der Waals surface area (Å²) in [6, 6.07) is 13.9. The number of aryl methyl sites for hydroxylation is 1. The molecule has 0 aliphatic carbocycles. The van der Waals surface area contributed by atoms with Crippen LogP contribution in [0.5, 0.6) is 17.2 Å². The number of methoxy groups -OCH3 is 3. The van der Waals surface area contributed by atoms with Crippen LogP contribution in [0.25, 0.3) is 0 Å². The number of rotatable bonds is 8.